The van der Waals surface area contributed by atoms with Crippen LogP contribution in [0.2, 0.25) is 0 Å². The molecule has 0 atom stereocenters. The molecule has 0 spiro atoms. The highest BCUT2D eigenvalue weighted by Crippen LogP contribution is 2.29. The summed E-state index contributed by atoms with van der Waals surface area (Å²) in [7, 11) is 0. The number of carbonyl (C=O) groups is 1. The summed E-state index contributed by atoms with van der Waals surface area (Å²) < 4.78 is 37.4. The van der Waals surface area contributed by atoms with Gasteiger partial charge >= 0.3 is 6.18 Å². The minimum absolute atomic E-state index is 0.0460. The van der Waals surface area contributed by atoms with E-state index in [1.165, 1.54) is 23.8 Å². The van der Waals surface area contributed by atoms with Crippen LogP contribution in [0.25, 0.3) is 6.08 Å². The molecule has 4 heteroatoms. The highest BCUT2D eigenvalue weighted by atomic mass is 19.4. The van der Waals surface area contributed by atoms with Gasteiger partial charge in [0.15, 0.2) is 5.78 Å². The SMILES string of the molecule is Cc1ccc(/C=C/CC(=O)/C=C/Cc2ccc(C(F)(F)F)cc2)cc1. The second kappa shape index (κ2) is 8.47. The van der Waals surface area contributed by atoms with Crippen LogP contribution in [-0.4, -0.2) is 5.78 Å². The number of aryl methyl sites for hydroxylation is 1. The number of hydrogen-bond acceptors (Lipinski definition) is 1. The molecular weight excluding hydrogens is 325 g/mol. The van der Waals surface area contributed by atoms with Gasteiger partial charge in [-0.05, 0) is 42.7 Å². The van der Waals surface area contributed by atoms with E-state index in [-0.39, 0.29) is 12.2 Å². The van der Waals surface area contributed by atoms with Gasteiger partial charge in [-0.2, -0.15) is 13.2 Å². The van der Waals surface area contributed by atoms with Gasteiger partial charge in [0.25, 0.3) is 0 Å². The molecule has 2 aromatic rings. The summed E-state index contributed by atoms with van der Waals surface area (Å²) in [5, 5.41) is 0. The van der Waals surface area contributed by atoms with Gasteiger partial charge in [-0.1, -0.05) is 60.2 Å². The van der Waals surface area contributed by atoms with Crippen LogP contribution in [0.5, 0.6) is 0 Å². The van der Waals surface area contributed by atoms with Crippen molar-refractivity contribution in [2.24, 2.45) is 0 Å². The second-order valence-corrected chi connectivity index (χ2v) is 5.78. The molecule has 25 heavy (non-hydrogen) atoms. The van der Waals surface area contributed by atoms with Crippen molar-refractivity contribution in [3.05, 3.63) is 89.0 Å². The van der Waals surface area contributed by atoms with Crippen LogP contribution < -0.4 is 0 Å². The third kappa shape index (κ3) is 6.42. The Morgan fingerprint density at radius 3 is 2.20 bits per heavy atom. The molecule has 130 valence electrons. The summed E-state index contributed by atoms with van der Waals surface area (Å²) in [6.07, 6.45) is 3.22. The van der Waals surface area contributed by atoms with Crippen molar-refractivity contribution in [2.75, 3.05) is 0 Å². The Labute approximate surface area is 145 Å². The maximum Gasteiger partial charge on any atom is 0.416 e. The number of halogens is 3. The number of allylic oxidation sites excluding steroid dienone is 3. The molecular formula is C21H19F3O. The predicted molar refractivity (Wildman–Crippen MR) is 94.1 cm³/mol. The molecule has 0 fully saturated rings. The van der Waals surface area contributed by atoms with Crippen molar-refractivity contribution in [1.29, 1.82) is 0 Å². The van der Waals surface area contributed by atoms with Crippen LogP contribution in [-0.2, 0) is 17.4 Å². The first-order valence-electron chi connectivity index (χ1n) is 7.93. The van der Waals surface area contributed by atoms with Crippen molar-refractivity contribution in [3.63, 3.8) is 0 Å². The lowest BCUT2D eigenvalue weighted by atomic mass is 10.1. The van der Waals surface area contributed by atoms with Crippen molar-refractivity contribution in [1.82, 2.24) is 0 Å². The van der Waals surface area contributed by atoms with E-state index in [4.69, 9.17) is 0 Å². The molecule has 0 aliphatic rings. The largest absolute Gasteiger partial charge is 0.416 e. The zero-order chi connectivity index (χ0) is 18.3. The molecule has 0 saturated heterocycles. The maximum absolute atomic E-state index is 12.5. The van der Waals surface area contributed by atoms with Crippen LogP contribution in [0.4, 0.5) is 13.2 Å². The van der Waals surface area contributed by atoms with Crippen molar-refractivity contribution in [2.45, 2.75) is 25.9 Å². The molecule has 1 nitrogen and oxygen atoms in total. The number of ketones is 1. The van der Waals surface area contributed by atoms with Crippen LogP contribution in [0.1, 0.15) is 28.7 Å². The monoisotopic (exact) mass is 344 g/mol. The lowest BCUT2D eigenvalue weighted by molar-refractivity contribution is -0.137. The maximum atomic E-state index is 12.5. The minimum atomic E-state index is -4.33. The predicted octanol–water partition coefficient (Wildman–Crippen LogP) is 5.79. The average molecular weight is 344 g/mol. The number of benzene rings is 2. The molecule has 0 aliphatic carbocycles. The van der Waals surface area contributed by atoms with E-state index in [9.17, 15) is 18.0 Å². The first-order chi connectivity index (χ1) is 11.8. The first kappa shape index (κ1) is 18.7. The van der Waals surface area contributed by atoms with E-state index < -0.39 is 11.7 Å². The highest BCUT2D eigenvalue weighted by Gasteiger charge is 2.29. The molecule has 0 radical (unpaired) electrons. The Hall–Kier alpha value is -2.62. The second-order valence-electron chi connectivity index (χ2n) is 5.78. The van der Waals surface area contributed by atoms with E-state index >= 15 is 0 Å². The summed E-state index contributed by atoms with van der Waals surface area (Å²) in [6, 6.07) is 12.9. The molecule has 2 aromatic carbocycles. The van der Waals surface area contributed by atoms with E-state index in [0.29, 0.717) is 6.42 Å². The number of hydrogen-bond donors (Lipinski definition) is 0. The standard InChI is InChI=1S/C21H19F3O/c1-16-8-10-17(11-9-16)4-2-6-20(25)7-3-5-18-12-14-19(15-13-18)21(22,23)24/h2-4,7-15H,5-6H2,1H3/b4-2+,7-3+. The minimum Gasteiger partial charge on any atom is -0.295 e. The van der Waals surface area contributed by atoms with E-state index in [1.807, 2.05) is 37.3 Å². The Morgan fingerprint density at radius 1 is 0.960 bits per heavy atom. The molecule has 0 bridgehead atoms. The zero-order valence-electron chi connectivity index (χ0n) is 13.9. The fourth-order valence-corrected chi connectivity index (χ4v) is 2.21. The van der Waals surface area contributed by atoms with Crippen molar-refractivity contribution in [3.8, 4) is 0 Å². The van der Waals surface area contributed by atoms with Crippen LogP contribution in [0, 0.1) is 6.92 Å². The first-order valence-corrected chi connectivity index (χ1v) is 7.93. The smallest absolute Gasteiger partial charge is 0.295 e. The fraction of sp³-hybridized carbons (Fsp3) is 0.190. The van der Waals surface area contributed by atoms with Crippen molar-refractivity contribution < 1.29 is 18.0 Å². The molecule has 0 unspecified atom stereocenters. The molecule has 0 aliphatic heterocycles. The summed E-state index contributed by atoms with van der Waals surface area (Å²) >= 11 is 0. The van der Waals surface area contributed by atoms with Crippen LogP contribution in [0.3, 0.4) is 0 Å². The highest BCUT2D eigenvalue weighted by molar-refractivity contribution is 5.91. The van der Waals surface area contributed by atoms with Gasteiger partial charge in [0.2, 0.25) is 0 Å². The summed E-state index contributed by atoms with van der Waals surface area (Å²) in [6.45, 7) is 2.01. The Bertz CT molecular complexity index is 751. The van der Waals surface area contributed by atoms with E-state index in [2.05, 4.69) is 0 Å². The fourth-order valence-electron chi connectivity index (χ4n) is 2.21. The van der Waals surface area contributed by atoms with Gasteiger partial charge in [-0.15, -0.1) is 0 Å². The van der Waals surface area contributed by atoms with E-state index in [1.54, 1.807) is 12.2 Å². The molecule has 0 N–H and O–H groups in total. The van der Waals surface area contributed by atoms with Gasteiger partial charge in [-0.25, -0.2) is 0 Å². The lowest BCUT2D eigenvalue weighted by Gasteiger charge is -2.06. The third-order valence-corrected chi connectivity index (χ3v) is 3.65. The zero-order valence-corrected chi connectivity index (χ0v) is 13.9. The number of rotatable bonds is 6. The molecule has 2 rings (SSSR count). The van der Waals surface area contributed by atoms with Crippen LogP contribution >= 0.6 is 0 Å². The third-order valence-electron chi connectivity index (χ3n) is 3.65. The van der Waals surface area contributed by atoms with Crippen molar-refractivity contribution >= 4 is 11.9 Å². The van der Waals surface area contributed by atoms with Gasteiger partial charge in [-0.3, -0.25) is 4.79 Å². The van der Waals surface area contributed by atoms with Gasteiger partial charge in [0.05, 0.1) is 5.56 Å². The number of carbonyl (C=O) groups excluding carboxylic acids is 1. The topological polar surface area (TPSA) is 17.1 Å². The Balaban J connectivity index is 1.81. The molecule has 0 heterocycles. The molecule has 0 saturated carbocycles. The van der Waals surface area contributed by atoms with E-state index in [0.717, 1.165) is 23.3 Å². The van der Waals surface area contributed by atoms with Gasteiger partial charge in [0, 0.05) is 6.42 Å². The summed E-state index contributed by atoms with van der Waals surface area (Å²) in [5.74, 6) is -0.0460. The molecule has 0 aromatic heterocycles. The lowest BCUT2D eigenvalue weighted by Crippen LogP contribution is -2.04. The Morgan fingerprint density at radius 2 is 1.60 bits per heavy atom. The quantitative estimate of drug-likeness (QED) is 0.607. The average Bonchev–Trinajstić information content (AvgIpc) is 2.56. The molecule has 0 amide bonds. The van der Waals surface area contributed by atoms with Crippen LogP contribution in [0.15, 0.2) is 66.8 Å². The van der Waals surface area contributed by atoms with Gasteiger partial charge < -0.3 is 0 Å². The number of alkyl halides is 3. The normalized spacial score (nSPS) is 12.2. The summed E-state index contributed by atoms with van der Waals surface area (Å²) in [4.78, 5) is 11.8. The Kier molecular flexibility index (Phi) is 6.34. The van der Waals surface area contributed by atoms with Gasteiger partial charge in [0.1, 0.15) is 0 Å². The summed E-state index contributed by atoms with van der Waals surface area (Å²) in [5.41, 5.74) is 2.27.